The molecule has 0 aliphatic carbocycles. The molecule has 0 aliphatic heterocycles. The molecule has 2 aromatic carbocycles. The summed E-state index contributed by atoms with van der Waals surface area (Å²) in [7, 11) is -0.553. The van der Waals surface area contributed by atoms with Crippen molar-refractivity contribution in [1.82, 2.24) is 4.31 Å². The van der Waals surface area contributed by atoms with Crippen LogP contribution in [0.25, 0.3) is 0 Å². The molecule has 7 heteroatoms. The van der Waals surface area contributed by atoms with Crippen LogP contribution in [0.2, 0.25) is 0 Å². The van der Waals surface area contributed by atoms with Crippen molar-refractivity contribution in [3.05, 3.63) is 53.6 Å². The zero-order chi connectivity index (χ0) is 20.0. The number of hydrogen-bond acceptors (Lipinski definition) is 4. The molecular weight excluding hydrogens is 364 g/mol. The Balaban J connectivity index is 2.27. The second-order valence-electron chi connectivity index (χ2n) is 6.37. The lowest BCUT2D eigenvalue weighted by atomic mass is 10.1. The Morgan fingerprint density at radius 1 is 1.19 bits per heavy atom. The van der Waals surface area contributed by atoms with Crippen LogP contribution in [0.5, 0.6) is 5.75 Å². The van der Waals surface area contributed by atoms with E-state index in [1.165, 1.54) is 23.5 Å². The number of ether oxygens (including phenoxy) is 1. The van der Waals surface area contributed by atoms with E-state index < -0.39 is 15.9 Å². The SMILES string of the molecule is CCCCN(C)S(=O)(=O)c1cccc(C(=O)Nc2cc(C)ccc2OC)c1. The molecule has 0 bridgehead atoms. The van der Waals surface area contributed by atoms with Crippen molar-refractivity contribution in [2.75, 3.05) is 26.0 Å². The molecule has 2 aromatic rings. The molecule has 27 heavy (non-hydrogen) atoms. The highest BCUT2D eigenvalue weighted by Gasteiger charge is 2.21. The molecule has 0 saturated carbocycles. The number of carbonyl (C=O) groups excluding carboxylic acids is 1. The lowest BCUT2D eigenvalue weighted by Gasteiger charge is -2.17. The summed E-state index contributed by atoms with van der Waals surface area (Å²) in [5.74, 6) is 0.143. The first kappa shape index (κ1) is 20.9. The summed E-state index contributed by atoms with van der Waals surface area (Å²) in [5.41, 5.74) is 1.78. The minimum atomic E-state index is -3.63. The quantitative estimate of drug-likeness (QED) is 0.746. The van der Waals surface area contributed by atoms with Crippen molar-refractivity contribution in [2.45, 2.75) is 31.6 Å². The maximum absolute atomic E-state index is 12.7. The van der Waals surface area contributed by atoms with Gasteiger partial charge >= 0.3 is 0 Å². The van der Waals surface area contributed by atoms with Gasteiger partial charge in [0.05, 0.1) is 17.7 Å². The summed E-state index contributed by atoms with van der Waals surface area (Å²) in [6.07, 6.45) is 1.68. The first-order valence-corrected chi connectivity index (χ1v) is 10.3. The van der Waals surface area contributed by atoms with Crippen LogP contribution < -0.4 is 10.1 Å². The Bertz CT molecular complexity index is 910. The molecule has 0 aromatic heterocycles. The van der Waals surface area contributed by atoms with Gasteiger partial charge < -0.3 is 10.1 Å². The molecule has 0 saturated heterocycles. The molecule has 2 rings (SSSR count). The van der Waals surface area contributed by atoms with Gasteiger partial charge in [-0.3, -0.25) is 4.79 Å². The van der Waals surface area contributed by atoms with Crippen LogP contribution in [0.15, 0.2) is 47.4 Å². The van der Waals surface area contributed by atoms with Gasteiger partial charge in [-0.15, -0.1) is 0 Å². The number of nitrogens with one attached hydrogen (secondary N) is 1. The number of benzene rings is 2. The number of nitrogens with zero attached hydrogens (tertiary/aromatic N) is 1. The first-order chi connectivity index (χ1) is 12.8. The zero-order valence-electron chi connectivity index (χ0n) is 16.2. The van der Waals surface area contributed by atoms with Crippen molar-refractivity contribution in [3.63, 3.8) is 0 Å². The monoisotopic (exact) mass is 390 g/mol. The second kappa shape index (κ2) is 9.01. The topological polar surface area (TPSA) is 75.7 Å². The van der Waals surface area contributed by atoms with E-state index >= 15 is 0 Å². The summed E-state index contributed by atoms with van der Waals surface area (Å²) < 4.78 is 32.0. The van der Waals surface area contributed by atoms with Gasteiger partial charge in [0.15, 0.2) is 0 Å². The highest BCUT2D eigenvalue weighted by atomic mass is 32.2. The summed E-state index contributed by atoms with van der Waals surface area (Å²) in [4.78, 5) is 12.7. The third-order valence-corrected chi connectivity index (χ3v) is 6.09. The Labute approximate surface area is 161 Å². The minimum absolute atomic E-state index is 0.102. The van der Waals surface area contributed by atoms with Crippen LogP contribution in [-0.4, -0.2) is 39.3 Å². The largest absolute Gasteiger partial charge is 0.495 e. The van der Waals surface area contributed by atoms with Crippen LogP contribution in [0.3, 0.4) is 0 Å². The summed E-state index contributed by atoms with van der Waals surface area (Å²) >= 11 is 0. The highest BCUT2D eigenvalue weighted by Crippen LogP contribution is 2.26. The molecule has 0 spiro atoms. The van der Waals surface area contributed by atoms with Gasteiger partial charge in [0.1, 0.15) is 5.75 Å². The van der Waals surface area contributed by atoms with Crippen molar-refractivity contribution in [2.24, 2.45) is 0 Å². The van der Waals surface area contributed by atoms with E-state index in [2.05, 4.69) is 5.32 Å². The second-order valence-corrected chi connectivity index (χ2v) is 8.41. The molecule has 1 N–H and O–H groups in total. The fraction of sp³-hybridized carbons (Fsp3) is 0.350. The molecule has 0 unspecified atom stereocenters. The molecule has 6 nitrogen and oxygen atoms in total. The summed E-state index contributed by atoms with van der Waals surface area (Å²) in [6.45, 7) is 4.36. The molecule has 1 amide bonds. The number of carbonyl (C=O) groups is 1. The normalized spacial score (nSPS) is 11.4. The first-order valence-electron chi connectivity index (χ1n) is 8.82. The fourth-order valence-electron chi connectivity index (χ4n) is 2.59. The van der Waals surface area contributed by atoms with Crippen molar-refractivity contribution < 1.29 is 17.9 Å². The van der Waals surface area contributed by atoms with Crippen LogP contribution in [0.1, 0.15) is 35.7 Å². The van der Waals surface area contributed by atoms with Gasteiger partial charge in [0, 0.05) is 19.2 Å². The number of sulfonamides is 1. The third kappa shape index (κ3) is 5.08. The van der Waals surface area contributed by atoms with Crippen molar-refractivity contribution >= 4 is 21.6 Å². The third-order valence-electron chi connectivity index (χ3n) is 4.23. The maximum Gasteiger partial charge on any atom is 0.255 e. The molecule has 0 radical (unpaired) electrons. The number of aryl methyl sites for hydroxylation is 1. The Morgan fingerprint density at radius 3 is 2.59 bits per heavy atom. The van der Waals surface area contributed by atoms with Crippen LogP contribution in [0, 0.1) is 6.92 Å². The van der Waals surface area contributed by atoms with E-state index in [0.717, 1.165) is 18.4 Å². The van der Waals surface area contributed by atoms with Crippen LogP contribution in [-0.2, 0) is 10.0 Å². The highest BCUT2D eigenvalue weighted by molar-refractivity contribution is 7.89. The smallest absolute Gasteiger partial charge is 0.255 e. The lowest BCUT2D eigenvalue weighted by Crippen LogP contribution is -2.28. The van der Waals surface area contributed by atoms with Gasteiger partial charge in [0.25, 0.3) is 5.91 Å². The van der Waals surface area contributed by atoms with E-state index in [1.807, 2.05) is 19.9 Å². The number of unbranched alkanes of at least 4 members (excludes halogenated alkanes) is 1. The molecule has 0 heterocycles. The average Bonchev–Trinajstić information content (AvgIpc) is 2.66. The number of amides is 1. The fourth-order valence-corrected chi connectivity index (χ4v) is 3.85. The summed E-state index contributed by atoms with van der Waals surface area (Å²) in [5, 5.41) is 2.79. The maximum atomic E-state index is 12.7. The number of hydrogen-bond donors (Lipinski definition) is 1. The van der Waals surface area contributed by atoms with Gasteiger partial charge in [-0.25, -0.2) is 12.7 Å². The van der Waals surface area contributed by atoms with E-state index in [9.17, 15) is 13.2 Å². The molecule has 0 atom stereocenters. The average molecular weight is 391 g/mol. The van der Waals surface area contributed by atoms with Gasteiger partial charge in [-0.2, -0.15) is 0 Å². The van der Waals surface area contributed by atoms with E-state index in [4.69, 9.17) is 4.74 Å². The number of rotatable bonds is 8. The van der Waals surface area contributed by atoms with Crippen LogP contribution >= 0.6 is 0 Å². The standard InChI is InChI=1S/C20H26N2O4S/c1-5-6-12-22(3)27(24,25)17-9-7-8-16(14-17)20(23)21-18-13-15(2)10-11-19(18)26-4/h7-11,13-14H,5-6,12H2,1-4H3,(H,21,23). The summed E-state index contributed by atoms with van der Waals surface area (Å²) in [6, 6.07) is 11.5. The predicted octanol–water partition coefficient (Wildman–Crippen LogP) is 3.68. The molecule has 0 aliphatic rings. The van der Waals surface area contributed by atoms with E-state index in [0.29, 0.717) is 18.0 Å². The molecular formula is C20H26N2O4S. The molecule has 0 fully saturated rings. The van der Waals surface area contributed by atoms with Gasteiger partial charge in [0.2, 0.25) is 10.0 Å². The lowest BCUT2D eigenvalue weighted by molar-refractivity contribution is 0.102. The Morgan fingerprint density at radius 2 is 1.93 bits per heavy atom. The zero-order valence-corrected chi connectivity index (χ0v) is 17.0. The predicted molar refractivity (Wildman–Crippen MR) is 107 cm³/mol. The molecule has 146 valence electrons. The van der Waals surface area contributed by atoms with Crippen molar-refractivity contribution in [1.29, 1.82) is 0 Å². The number of methoxy groups -OCH3 is 1. The van der Waals surface area contributed by atoms with Crippen molar-refractivity contribution in [3.8, 4) is 5.75 Å². The Hall–Kier alpha value is -2.38. The van der Waals surface area contributed by atoms with Gasteiger partial charge in [-0.05, 0) is 49.2 Å². The Kier molecular flexibility index (Phi) is 6.98. The van der Waals surface area contributed by atoms with E-state index in [1.54, 1.807) is 31.3 Å². The number of anilines is 1. The van der Waals surface area contributed by atoms with E-state index in [-0.39, 0.29) is 10.5 Å². The minimum Gasteiger partial charge on any atom is -0.495 e. The van der Waals surface area contributed by atoms with Crippen LogP contribution in [0.4, 0.5) is 5.69 Å². The van der Waals surface area contributed by atoms with Gasteiger partial charge in [-0.1, -0.05) is 25.5 Å².